The van der Waals surface area contributed by atoms with Crippen molar-refractivity contribution in [1.82, 2.24) is 0 Å². The molecule has 2 radical (unpaired) electrons. The Hall–Kier alpha value is -0.521. The Labute approximate surface area is 78.9 Å². The van der Waals surface area contributed by atoms with Crippen LogP contribution >= 0.6 is 0 Å². The molecule has 0 aliphatic heterocycles. The fourth-order valence-corrected chi connectivity index (χ4v) is 0.680. The zero-order valence-electron chi connectivity index (χ0n) is 6.23. The first kappa shape index (κ1) is 10.5. The third-order valence-electron chi connectivity index (χ3n) is 1.17. The molecular formula is C10H10Fe. The van der Waals surface area contributed by atoms with Crippen molar-refractivity contribution in [2.45, 2.75) is 12.8 Å². The van der Waals surface area contributed by atoms with Gasteiger partial charge in [0.1, 0.15) is 0 Å². The molecule has 0 bridgehead atoms. The molecule has 0 unspecified atom stereocenters. The molecule has 0 N–H and O–H groups in total. The topological polar surface area (TPSA) is 0 Å². The SMILES string of the molecule is [C]1=CC=CC1.[C]1=CC=CC1.[Fe]. The van der Waals surface area contributed by atoms with Crippen molar-refractivity contribution in [1.29, 1.82) is 0 Å². The Kier molecular flexibility index (Phi) is 7.23. The molecule has 1 heteroatoms. The summed E-state index contributed by atoms with van der Waals surface area (Å²) < 4.78 is 0. The molecule has 0 heterocycles. The fraction of sp³-hybridized carbons (Fsp3) is 0.200. The minimum absolute atomic E-state index is 0. The molecule has 0 aromatic rings. The molecule has 0 saturated heterocycles. The summed E-state index contributed by atoms with van der Waals surface area (Å²) >= 11 is 0. The quantitative estimate of drug-likeness (QED) is 0.510. The van der Waals surface area contributed by atoms with Crippen LogP contribution in [0.1, 0.15) is 12.8 Å². The van der Waals surface area contributed by atoms with Gasteiger partial charge in [-0.1, -0.05) is 36.5 Å². The largest absolute Gasteiger partial charge is 0.0801 e. The van der Waals surface area contributed by atoms with Gasteiger partial charge in [-0.25, -0.2) is 0 Å². The van der Waals surface area contributed by atoms with E-state index in [2.05, 4.69) is 24.3 Å². The first-order chi connectivity index (χ1) is 5.00. The van der Waals surface area contributed by atoms with E-state index < -0.39 is 0 Å². The smallest absolute Gasteiger partial charge is 0 e. The van der Waals surface area contributed by atoms with Gasteiger partial charge in [0.05, 0.1) is 0 Å². The summed E-state index contributed by atoms with van der Waals surface area (Å²) in [6, 6.07) is 0. The maximum atomic E-state index is 2.99. The molecule has 11 heavy (non-hydrogen) atoms. The molecule has 0 fully saturated rings. The van der Waals surface area contributed by atoms with Crippen LogP contribution in [-0.4, -0.2) is 0 Å². The summed E-state index contributed by atoms with van der Waals surface area (Å²) in [4.78, 5) is 0. The second kappa shape index (κ2) is 7.58. The fourth-order valence-electron chi connectivity index (χ4n) is 0.680. The van der Waals surface area contributed by atoms with Gasteiger partial charge >= 0.3 is 0 Å². The Morgan fingerprint density at radius 1 is 0.818 bits per heavy atom. The zero-order valence-corrected chi connectivity index (χ0v) is 7.34. The van der Waals surface area contributed by atoms with Gasteiger partial charge in [0, 0.05) is 17.1 Å². The van der Waals surface area contributed by atoms with Gasteiger partial charge in [0.25, 0.3) is 0 Å². The van der Waals surface area contributed by atoms with Crippen LogP contribution in [0.4, 0.5) is 0 Å². The third kappa shape index (κ3) is 5.90. The molecule has 58 valence electrons. The molecule has 2 rings (SSSR count). The van der Waals surface area contributed by atoms with E-state index in [0.717, 1.165) is 12.8 Å². The Balaban J connectivity index is 0.000000167. The van der Waals surface area contributed by atoms with E-state index in [1.165, 1.54) is 0 Å². The molecular weight excluding hydrogens is 176 g/mol. The van der Waals surface area contributed by atoms with Crippen molar-refractivity contribution < 1.29 is 17.1 Å². The van der Waals surface area contributed by atoms with Crippen molar-refractivity contribution in [3.63, 3.8) is 0 Å². The average molecular weight is 186 g/mol. The van der Waals surface area contributed by atoms with Crippen LogP contribution < -0.4 is 0 Å². The van der Waals surface area contributed by atoms with Crippen molar-refractivity contribution in [2.24, 2.45) is 0 Å². The summed E-state index contributed by atoms with van der Waals surface area (Å²) in [5, 5.41) is 0. The third-order valence-corrected chi connectivity index (χ3v) is 1.17. The number of hydrogen-bond donors (Lipinski definition) is 0. The monoisotopic (exact) mass is 186 g/mol. The number of hydrogen-bond acceptors (Lipinski definition) is 0. The average Bonchev–Trinajstić information content (AvgIpc) is 2.67. The molecule has 0 atom stereocenters. The van der Waals surface area contributed by atoms with E-state index in [1.807, 2.05) is 24.3 Å². The first-order valence-corrected chi connectivity index (χ1v) is 3.43. The van der Waals surface area contributed by atoms with Crippen LogP contribution in [-0.2, 0) is 17.1 Å². The van der Waals surface area contributed by atoms with Crippen molar-refractivity contribution in [2.75, 3.05) is 0 Å². The summed E-state index contributed by atoms with van der Waals surface area (Å²) in [5.74, 6) is 0. The van der Waals surface area contributed by atoms with Gasteiger partial charge in [0.2, 0.25) is 0 Å². The molecule has 0 saturated carbocycles. The standard InChI is InChI=1S/2C5H5.Fe/c2*1-2-4-5-3-1;/h2*1-3H,4H2;. The summed E-state index contributed by atoms with van der Waals surface area (Å²) in [6.45, 7) is 0. The maximum Gasteiger partial charge on any atom is 0 e. The van der Waals surface area contributed by atoms with Crippen LogP contribution in [0.15, 0.2) is 36.5 Å². The minimum atomic E-state index is 0. The summed E-state index contributed by atoms with van der Waals surface area (Å²) in [6.07, 6.45) is 20.0. The Morgan fingerprint density at radius 2 is 1.27 bits per heavy atom. The van der Waals surface area contributed by atoms with E-state index >= 15 is 0 Å². The Morgan fingerprint density at radius 3 is 1.36 bits per heavy atom. The van der Waals surface area contributed by atoms with Crippen LogP contribution in [0.3, 0.4) is 0 Å². The van der Waals surface area contributed by atoms with Gasteiger partial charge < -0.3 is 0 Å². The predicted octanol–water partition coefficient (Wildman–Crippen LogP) is 2.61. The second-order valence-corrected chi connectivity index (χ2v) is 2.01. The van der Waals surface area contributed by atoms with E-state index in [-0.39, 0.29) is 17.1 Å². The van der Waals surface area contributed by atoms with Gasteiger partial charge in [0.15, 0.2) is 0 Å². The van der Waals surface area contributed by atoms with Crippen LogP contribution in [0, 0.1) is 12.2 Å². The van der Waals surface area contributed by atoms with Gasteiger partial charge in [-0.2, -0.15) is 0 Å². The molecule has 0 aromatic carbocycles. The normalized spacial score (nSPS) is 16.0. The molecule has 0 amide bonds. The van der Waals surface area contributed by atoms with Crippen molar-refractivity contribution in [3.05, 3.63) is 48.6 Å². The van der Waals surface area contributed by atoms with Crippen molar-refractivity contribution in [3.8, 4) is 0 Å². The Bertz CT molecular complexity index is 143. The van der Waals surface area contributed by atoms with E-state index in [1.54, 1.807) is 0 Å². The maximum absolute atomic E-state index is 2.99. The van der Waals surface area contributed by atoms with Crippen LogP contribution in [0.25, 0.3) is 0 Å². The van der Waals surface area contributed by atoms with Crippen molar-refractivity contribution >= 4 is 0 Å². The van der Waals surface area contributed by atoms with E-state index in [0.29, 0.717) is 0 Å². The molecule has 2 aliphatic rings. The molecule has 0 spiro atoms. The molecule has 0 aromatic heterocycles. The molecule has 0 nitrogen and oxygen atoms in total. The second-order valence-electron chi connectivity index (χ2n) is 2.01. The van der Waals surface area contributed by atoms with Gasteiger partial charge in [-0.3, -0.25) is 0 Å². The zero-order chi connectivity index (χ0) is 7.07. The summed E-state index contributed by atoms with van der Waals surface area (Å²) in [7, 11) is 0. The van der Waals surface area contributed by atoms with Crippen LogP contribution in [0.5, 0.6) is 0 Å². The van der Waals surface area contributed by atoms with Gasteiger partial charge in [-0.15, -0.1) is 0 Å². The minimum Gasteiger partial charge on any atom is -0.0801 e. The van der Waals surface area contributed by atoms with E-state index in [4.69, 9.17) is 0 Å². The first-order valence-electron chi connectivity index (χ1n) is 3.43. The number of rotatable bonds is 0. The number of allylic oxidation sites excluding steroid dienone is 8. The molecule has 2 aliphatic carbocycles. The summed E-state index contributed by atoms with van der Waals surface area (Å²) in [5.41, 5.74) is 0. The predicted molar refractivity (Wildman–Crippen MR) is 43.1 cm³/mol. The van der Waals surface area contributed by atoms with E-state index in [9.17, 15) is 0 Å². The van der Waals surface area contributed by atoms with Gasteiger partial charge in [-0.05, 0) is 25.0 Å². The van der Waals surface area contributed by atoms with Crippen LogP contribution in [0.2, 0.25) is 0 Å².